The third-order valence-electron chi connectivity index (χ3n) is 3.77. The number of carbonyl (C=O) groups excluding carboxylic acids is 2. The summed E-state index contributed by atoms with van der Waals surface area (Å²) in [6.45, 7) is 1.17. The topological polar surface area (TPSA) is 62.3 Å². The summed E-state index contributed by atoms with van der Waals surface area (Å²) in [4.78, 5) is 28.1. The van der Waals surface area contributed by atoms with E-state index in [1.807, 2.05) is 0 Å². The molecule has 23 heavy (non-hydrogen) atoms. The van der Waals surface area contributed by atoms with Crippen LogP contribution in [0.25, 0.3) is 0 Å². The van der Waals surface area contributed by atoms with E-state index in [0.717, 1.165) is 4.90 Å². The number of amides is 2. The fourth-order valence-electron chi connectivity index (χ4n) is 2.77. The predicted molar refractivity (Wildman–Crippen MR) is 76.3 cm³/mol. The van der Waals surface area contributed by atoms with E-state index in [2.05, 4.69) is 10.3 Å². The number of aromatic nitrogens is 1. The number of alkyl halides is 3. The number of nitrogens with zero attached hydrogens (tertiary/aromatic N) is 2. The molecule has 2 rings (SSSR count). The van der Waals surface area contributed by atoms with Gasteiger partial charge in [0, 0.05) is 31.9 Å². The molecule has 1 N–H and O–H groups in total. The van der Waals surface area contributed by atoms with Crippen molar-refractivity contribution in [2.45, 2.75) is 44.4 Å². The molecule has 1 fully saturated rings. The number of halogens is 3. The van der Waals surface area contributed by atoms with Gasteiger partial charge in [0.2, 0.25) is 11.8 Å². The monoisotopic (exact) mass is 329 g/mol. The molecule has 0 aromatic carbocycles. The van der Waals surface area contributed by atoms with Gasteiger partial charge < -0.3 is 10.2 Å². The van der Waals surface area contributed by atoms with Crippen molar-refractivity contribution in [1.82, 2.24) is 15.2 Å². The van der Waals surface area contributed by atoms with Crippen LogP contribution in [0.4, 0.5) is 13.2 Å². The minimum Gasteiger partial charge on any atom is -0.352 e. The Morgan fingerprint density at radius 2 is 2.13 bits per heavy atom. The first-order valence-corrected chi connectivity index (χ1v) is 7.29. The number of piperidine rings is 1. The highest BCUT2D eigenvalue weighted by atomic mass is 19.4. The van der Waals surface area contributed by atoms with E-state index in [0.29, 0.717) is 5.56 Å². The SMILES string of the molecule is CC(=O)N[C@@H]1CC[C@H](C(F)(F)F)N(C(=O)Cc2cccnc2)C1. The highest BCUT2D eigenvalue weighted by molar-refractivity contribution is 5.79. The lowest BCUT2D eigenvalue weighted by Crippen LogP contribution is -2.58. The van der Waals surface area contributed by atoms with Crippen LogP contribution in [0.2, 0.25) is 0 Å². The van der Waals surface area contributed by atoms with E-state index in [-0.39, 0.29) is 31.7 Å². The molecule has 1 aliphatic rings. The normalized spacial score (nSPS) is 21.8. The van der Waals surface area contributed by atoms with Crippen molar-refractivity contribution in [3.63, 3.8) is 0 Å². The van der Waals surface area contributed by atoms with E-state index >= 15 is 0 Å². The van der Waals surface area contributed by atoms with Crippen LogP contribution >= 0.6 is 0 Å². The molecule has 0 unspecified atom stereocenters. The largest absolute Gasteiger partial charge is 0.408 e. The average molecular weight is 329 g/mol. The zero-order valence-corrected chi connectivity index (χ0v) is 12.6. The minimum atomic E-state index is -4.48. The van der Waals surface area contributed by atoms with E-state index in [4.69, 9.17) is 0 Å². The molecule has 1 saturated heterocycles. The molecule has 1 aromatic heterocycles. The van der Waals surface area contributed by atoms with Crippen LogP contribution < -0.4 is 5.32 Å². The van der Waals surface area contributed by atoms with Crippen molar-refractivity contribution in [2.75, 3.05) is 6.54 Å². The lowest BCUT2D eigenvalue weighted by molar-refractivity contribution is -0.197. The lowest BCUT2D eigenvalue weighted by atomic mass is 9.96. The number of hydrogen-bond acceptors (Lipinski definition) is 3. The number of rotatable bonds is 3. The Balaban J connectivity index is 2.13. The van der Waals surface area contributed by atoms with E-state index in [1.165, 1.54) is 19.3 Å². The van der Waals surface area contributed by atoms with Gasteiger partial charge in [0.25, 0.3) is 0 Å². The Kier molecular flexibility index (Phi) is 5.23. The second-order valence-corrected chi connectivity index (χ2v) is 5.62. The first-order chi connectivity index (χ1) is 10.8. The van der Waals surface area contributed by atoms with Gasteiger partial charge in [-0.3, -0.25) is 14.6 Å². The van der Waals surface area contributed by atoms with Gasteiger partial charge in [0.1, 0.15) is 6.04 Å². The third-order valence-corrected chi connectivity index (χ3v) is 3.77. The highest BCUT2D eigenvalue weighted by Gasteiger charge is 2.47. The standard InChI is InChI=1S/C15H18F3N3O2/c1-10(22)20-12-4-5-13(15(16,17)18)21(9-12)14(23)7-11-3-2-6-19-8-11/h2-3,6,8,12-13H,4-5,7,9H2,1H3,(H,20,22)/t12-,13-/m1/s1. The van der Waals surface area contributed by atoms with E-state index in [9.17, 15) is 22.8 Å². The smallest absolute Gasteiger partial charge is 0.352 e. The number of pyridine rings is 1. The maximum absolute atomic E-state index is 13.2. The number of nitrogens with one attached hydrogen (secondary N) is 1. The molecule has 2 atom stereocenters. The fraction of sp³-hybridized carbons (Fsp3) is 0.533. The molecule has 126 valence electrons. The molecule has 8 heteroatoms. The van der Waals surface area contributed by atoms with Gasteiger partial charge in [0.05, 0.1) is 6.42 Å². The highest BCUT2D eigenvalue weighted by Crippen LogP contribution is 2.32. The van der Waals surface area contributed by atoms with Crippen LogP contribution in [0.1, 0.15) is 25.3 Å². The summed E-state index contributed by atoms with van der Waals surface area (Å²) in [7, 11) is 0. The zero-order valence-electron chi connectivity index (χ0n) is 12.6. The van der Waals surface area contributed by atoms with Crippen molar-refractivity contribution in [1.29, 1.82) is 0 Å². The van der Waals surface area contributed by atoms with Crippen molar-refractivity contribution >= 4 is 11.8 Å². The summed E-state index contributed by atoms with van der Waals surface area (Å²) in [5, 5.41) is 2.59. The van der Waals surface area contributed by atoms with Gasteiger partial charge in [-0.1, -0.05) is 6.07 Å². The van der Waals surface area contributed by atoms with Crippen LogP contribution in [-0.2, 0) is 16.0 Å². The third kappa shape index (κ3) is 4.67. The van der Waals surface area contributed by atoms with Crippen LogP contribution in [0, 0.1) is 0 Å². The molecule has 2 amide bonds. The van der Waals surface area contributed by atoms with Crippen molar-refractivity contribution in [3.8, 4) is 0 Å². The molecule has 2 heterocycles. The van der Waals surface area contributed by atoms with E-state index < -0.39 is 24.2 Å². The van der Waals surface area contributed by atoms with Gasteiger partial charge in [-0.05, 0) is 24.5 Å². The predicted octanol–water partition coefficient (Wildman–Crippen LogP) is 1.68. The molecule has 0 spiro atoms. The van der Waals surface area contributed by atoms with Crippen molar-refractivity contribution in [3.05, 3.63) is 30.1 Å². The Labute approximate surface area is 131 Å². The van der Waals surface area contributed by atoms with Crippen LogP contribution in [-0.4, -0.2) is 46.5 Å². The molecule has 0 radical (unpaired) electrons. The Hall–Kier alpha value is -2.12. The Morgan fingerprint density at radius 3 is 2.70 bits per heavy atom. The van der Waals surface area contributed by atoms with Gasteiger partial charge in [-0.25, -0.2) is 0 Å². The van der Waals surface area contributed by atoms with Crippen LogP contribution in [0.15, 0.2) is 24.5 Å². The van der Waals surface area contributed by atoms with Gasteiger partial charge >= 0.3 is 6.18 Å². The molecule has 5 nitrogen and oxygen atoms in total. The second kappa shape index (κ2) is 6.97. The summed E-state index contributed by atoms with van der Waals surface area (Å²) in [6, 6.07) is 1.00. The molecule has 0 aliphatic carbocycles. The Morgan fingerprint density at radius 1 is 1.39 bits per heavy atom. The first kappa shape index (κ1) is 17.2. The molecule has 1 aliphatic heterocycles. The number of carbonyl (C=O) groups is 2. The summed E-state index contributed by atoms with van der Waals surface area (Å²) >= 11 is 0. The lowest BCUT2D eigenvalue weighted by Gasteiger charge is -2.40. The molecule has 1 aromatic rings. The van der Waals surface area contributed by atoms with E-state index in [1.54, 1.807) is 12.1 Å². The minimum absolute atomic E-state index is 0.136. The summed E-state index contributed by atoms with van der Waals surface area (Å²) in [5.74, 6) is -0.935. The maximum atomic E-state index is 13.2. The summed E-state index contributed by atoms with van der Waals surface area (Å²) < 4.78 is 39.6. The Bertz CT molecular complexity index is 563. The van der Waals surface area contributed by atoms with Gasteiger partial charge in [-0.2, -0.15) is 13.2 Å². The fourth-order valence-corrected chi connectivity index (χ4v) is 2.77. The average Bonchev–Trinajstić information content (AvgIpc) is 2.46. The first-order valence-electron chi connectivity index (χ1n) is 7.29. The van der Waals surface area contributed by atoms with Crippen LogP contribution in [0.3, 0.4) is 0 Å². The van der Waals surface area contributed by atoms with Crippen molar-refractivity contribution in [2.24, 2.45) is 0 Å². The number of hydrogen-bond donors (Lipinski definition) is 1. The van der Waals surface area contributed by atoms with Crippen LogP contribution in [0.5, 0.6) is 0 Å². The van der Waals surface area contributed by atoms with Gasteiger partial charge in [-0.15, -0.1) is 0 Å². The van der Waals surface area contributed by atoms with Gasteiger partial charge in [0.15, 0.2) is 0 Å². The molecular formula is C15H18F3N3O2. The molecule has 0 bridgehead atoms. The second-order valence-electron chi connectivity index (χ2n) is 5.62. The summed E-state index contributed by atoms with van der Waals surface area (Å²) in [6.07, 6.45) is -1.66. The summed E-state index contributed by atoms with van der Waals surface area (Å²) in [5.41, 5.74) is 0.556. The number of likely N-dealkylation sites (tertiary alicyclic amines) is 1. The molecular weight excluding hydrogens is 311 g/mol. The maximum Gasteiger partial charge on any atom is 0.408 e. The van der Waals surface area contributed by atoms with Crippen molar-refractivity contribution < 1.29 is 22.8 Å². The zero-order chi connectivity index (χ0) is 17.0. The quantitative estimate of drug-likeness (QED) is 0.918. The molecule has 0 saturated carbocycles.